The van der Waals surface area contributed by atoms with E-state index in [9.17, 15) is 19.7 Å². The summed E-state index contributed by atoms with van der Waals surface area (Å²) in [6, 6.07) is 20.6. The highest BCUT2D eigenvalue weighted by molar-refractivity contribution is 5.96. The minimum absolute atomic E-state index is 0.0345. The van der Waals surface area contributed by atoms with Gasteiger partial charge in [-0.1, -0.05) is 42.5 Å². The van der Waals surface area contributed by atoms with Gasteiger partial charge in [0.1, 0.15) is 0 Å². The number of nitrogens with one attached hydrogen (secondary N) is 1. The number of nitrogens with zero attached hydrogens (tertiary/aromatic N) is 1. The summed E-state index contributed by atoms with van der Waals surface area (Å²) in [5, 5.41) is 23.2. The third-order valence-corrected chi connectivity index (χ3v) is 4.46. The van der Waals surface area contributed by atoms with Crippen molar-refractivity contribution in [3.63, 3.8) is 0 Å². The molecule has 7 nitrogen and oxygen atoms in total. The van der Waals surface area contributed by atoms with Crippen molar-refractivity contribution in [3.8, 4) is 0 Å². The largest absolute Gasteiger partial charge is 0.478 e. The van der Waals surface area contributed by atoms with Crippen LogP contribution in [0.2, 0.25) is 0 Å². The van der Waals surface area contributed by atoms with E-state index in [-0.39, 0.29) is 23.5 Å². The third kappa shape index (κ3) is 5.04. The van der Waals surface area contributed by atoms with Gasteiger partial charge in [-0.3, -0.25) is 14.9 Å². The molecule has 0 saturated heterocycles. The second-order valence-electron chi connectivity index (χ2n) is 6.42. The minimum atomic E-state index is -1.03. The molecule has 0 radical (unpaired) electrons. The number of carbonyl (C=O) groups excluding carboxylic acids is 1. The van der Waals surface area contributed by atoms with Crippen LogP contribution in [0, 0.1) is 10.1 Å². The number of benzene rings is 3. The molecule has 0 amide bonds. The van der Waals surface area contributed by atoms with Crippen LogP contribution in [0.25, 0.3) is 0 Å². The topological polar surface area (TPSA) is 110 Å². The molecular weight excluding hydrogens is 372 g/mol. The van der Waals surface area contributed by atoms with E-state index in [2.05, 4.69) is 5.32 Å². The first-order chi connectivity index (χ1) is 13.9. The van der Waals surface area contributed by atoms with Gasteiger partial charge in [-0.15, -0.1) is 0 Å². The number of Topliss-reactive ketones (excluding diaryl/α,β-unsaturated/α-hetero) is 1. The monoisotopic (exact) mass is 390 g/mol. The van der Waals surface area contributed by atoms with Gasteiger partial charge in [0.15, 0.2) is 5.78 Å². The highest BCUT2D eigenvalue weighted by atomic mass is 16.6. The van der Waals surface area contributed by atoms with Crippen LogP contribution in [0.4, 0.5) is 11.4 Å². The van der Waals surface area contributed by atoms with Crippen LogP contribution >= 0.6 is 0 Å². The summed E-state index contributed by atoms with van der Waals surface area (Å²) in [7, 11) is 0. The van der Waals surface area contributed by atoms with Gasteiger partial charge in [0, 0.05) is 29.8 Å². The summed E-state index contributed by atoms with van der Waals surface area (Å²) in [5.41, 5.74) is 2.04. The SMILES string of the molecule is O=C(O)c1ccc(NC(CC(=O)c2ccccc2)c2ccc([N+](=O)[O-])cc2)cc1. The first-order valence-electron chi connectivity index (χ1n) is 8.86. The normalized spacial score (nSPS) is 11.4. The van der Waals surface area contributed by atoms with Crippen molar-refractivity contribution in [1.82, 2.24) is 0 Å². The smallest absolute Gasteiger partial charge is 0.335 e. The molecule has 3 aromatic carbocycles. The average Bonchev–Trinajstić information content (AvgIpc) is 2.74. The number of anilines is 1. The second-order valence-corrected chi connectivity index (χ2v) is 6.42. The zero-order valence-electron chi connectivity index (χ0n) is 15.3. The van der Waals surface area contributed by atoms with Gasteiger partial charge >= 0.3 is 5.97 Å². The Labute approximate surface area is 166 Å². The van der Waals surface area contributed by atoms with Gasteiger partial charge < -0.3 is 10.4 Å². The molecule has 1 atom stereocenters. The number of carboxylic acids is 1. The summed E-state index contributed by atoms with van der Waals surface area (Å²) in [4.78, 5) is 34.2. The Morgan fingerprint density at radius 1 is 0.897 bits per heavy atom. The quantitative estimate of drug-likeness (QED) is 0.327. The van der Waals surface area contributed by atoms with Crippen LogP contribution in [0.1, 0.15) is 38.7 Å². The summed E-state index contributed by atoms with van der Waals surface area (Å²) >= 11 is 0. The van der Waals surface area contributed by atoms with E-state index in [0.717, 1.165) is 0 Å². The predicted molar refractivity (Wildman–Crippen MR) is 108 cm³/mol. The fourth-order valence-corrected chi connectivity index (χ4v) is 2.92. The van der Waals surface area contributed by atoms with E-state index in [1.54, 1.807) is 48.5 Å². The number of carbonyl (C=O) groups is 2. The van der Waals surface area contributed by atoms with Gasteiger partial charge in [0.25, 0.3) is 5.69 Å². The van der Waals surface area contributed by atoms with Crippen molar-refractivity contribution in [2.24, 2.45) is 0 Å². The van der Waals surface area contributed by atoms with Gasteiger partial charge in [0.05, 0.1) is 16.5 Å². The summed E-state index contributed by atoms with van der Waals surface area (Å²) in [6.45, 7) is 0. The number of carboxylic acid groups (broad SMARTS) is 1. The van der Waals surface area contributed by atoms with Gasteiger partial charge in [-0.25, -0.2) is 4.79 Å². The molecule has 29 heavy (non-hydrogen) atoms. The molecular formula is C22H18N2O5. The summed E-state index contributed by atoms with van der Waals surface area (Å²) in [6.07, 6.45) is 0.127. The standard InChI is InChI=1S/C22H18N2O5/c25-21(16-4-2-1-3-5-16)14-20(15-8-12-19(13-9-15)24(28)29)23-18-10-6-17(7-11-18)22(26)27/h1-13,20,23H,14H2,(H,26,27). The lowest BCUT2D eigenvalue weighted by atomic mass is 9.97. The number of rotatable bonds is 8. The zero-order chi connectivity index (χ0) is 20.8. The third-order valence-electron chi connectivity index (χ3n) is 4.46. The molecule has 1 unspecified atom stereocenters. The Bertz CT molecular complexity index is 1020. The van der Waals surface area contributed by atoms with Crippen LogP contribution < -0.4 is 5.32 Å². The molecule has 0 spiro atoms. The van der Waals surface area contributed by atoms with Crippen LogP contribution in [-0.4, -0.2) is 21.8 Å². The maximum absolute atomic E-state index is 12.7. The van der Waals surface area contributed by atoms with Crippen molar-refractivity contribution in [2.45, 2.75) is 12.5 Å². The van der Waals surface area contributed by atoms with E-state index >= 15 is 0 Å². The molecule has 2 N–H and O–H groups in total. The van der Waals surface area contributed by atoms with Crippen LogP contribution in [-0.2, 0) is 0 Å². The van der Waals surface area contributed by atoms with E-state index in [0.29, 0.717) is 16.8 Å². The fraction of sp³-hybridized carbons (Fsp3) is 0.0909. The average molecular weight is 390 g/mol. The number of nitro groups is 1. The molecule has 0 aromatic heterocycles. The van der Waals surface area contributed by atoms with E-state index in [1.807, 2.05) is 6.07 Å². The summed E-state index contributed by atoms with van der Waals surface area (Å²) in [5.74, 6) is -1.11. The maximum atomic E-state index is 12.7. The van der Waals surface area contributed by atoms with Crippen LogP contribution in [0.5, 0.6) is 0 Å². The molecule has 0 bridgehead atoms. The maximum Gasteiger partial charge on any atom is 0.335 e. The molecule has 0 aliphatic heterocycles. The number of nitro benzene ring substituents is 1. The second kappa shape index (κ2) is 8.79. The molecule has 146 valence electrons. The molecule has 3 aromatic rings. The highest BCUT2D eigenvalue weighted by Crippen LogP contribution is 2.26. The van der Waals surface area contributed by atoms with Gasteiger partial charge in [0.2, 0.25) is 0 Å². The van der Waals surface area contributed by atoms with Crippen molar-refractivity contribution < 1.29 is 19.6 Å². The lowest BCUT2D eigenvalue weighted by Crippen LogP contribution is -2.16. The van der Waals surface area contributed by atoms with E-state index < -0.39 is 16.9 Å². The molecule has 0 heterocycles. The van der Waals surface area contributed by atoms with E-state index in [1.165, 1.54) is 24.3 Å². The summed E-state index contributed by atoms with van der Waals surface area (Å²) < 4.78 is 0. The lowest BCUT2D eigenvalue weighted by Gasteiger charge is -2.20. The fourth-order valence-electron chi connectivity index (χ4n) is 2.92. The number of ketones is 1. The van der Waals surface area contributed by atoms with Gasteiger partial charge in [-0.2, -0.15) is 0 Å². The number of aromatic carboxylic acids is 1. The Hall–Kier alpha value is -4.00. The van der Waals surface area contributed by atoms with Gasteiger partial charge in [-0.05, 0) is 29.8 Å². The number of non-ortho nitro benzene ring substituents is 1. The van der Waals surface area contributed by atoms with E-state index in [4.69, 9.17) is 5.11 Å². The Morgan fingerprint density at radius 3 is 2.07 bits per heavy atom. The Morgan fingerprint density at radius 2 is 1.52 bits per heavy atom. The van der Waals surface area contributed by atoms with Crippen molar-refractivity contribution in [1.29, 1.82) is 0 Å². The molecule has 0 aliphatic carbocycles. The van der Waals surface area contributed by atoms with Crippen molar-refractivity contribution >= 4 is 23.1 Å². The minimum Gasteiger partial charge on any atom is -0.478 e. The highest BCUT2D eigenvalue weighted by Gasteiger charge is 2.18. The predicted octanol–water partition coefficient (Wildman–Crippen LogP) is 4.72. The van der Waals surface area contributed by atoms with Crippen LogP contribution in [0.3, 0.4) is 0 Å². The lowest BCUT2D eigenvalue weighted by molar-refractivity contribution is -0.384. The van der Waals surface area contributed by atoms with Crippen molar-refractivity contribution in [3.05, 3.63) is 106 Å². The molecule has 0 aliphatic rings. The molecule has 0 fully saturated rings. The first-order valence-corrected chi connectivity index (χ1v) is 8.86. The Kier molecular flexibility index (Phi) is 5.99. The molecule has 7 heteroatoms. The number of hydrogen-bond donors (Lipinski definition) is 2. The number of hydrogen-bond acceptors (Lipinski definition) is 5. The molecule has 0 saturated carbocycles. The molecule has 3 rings (SSSR count). The van der Waals surface area contributed by atoms with Crippen molar-refractivity contribution in [2.75, 3.05) is 5.32 Å². The Balaban J connectivity index is 1.86. The van der Waals surface area contributed by atoms with Crippen LogP contribution in [0.15, 0.2) is 78.9 Å². The zero-order valence-corrected chi connectivity index (χ0v) is 15.3. The first kappa shape index (κ1) is 19.8.